The number of nitrogens with zero attached hydrogens (tertiary/aromatic N) is 1. The van der Waals surface area contributed by atoms with Gasteiger partial charge in [0, 0.05) is 12.1 Å². The van der Waals surface area contributed by atoms with Crippen molar-refractivity contribution in [2.45, 2.75) is 72.1 Å². The van der Waals surface area contributed by atoms with E-state index >= 15 is 0 Å². The Morgan fingerprint density at radius 3 is 2.33 bits per heavy atom. The Morgan fingerprint density at radius 1 is 1.14 bits per heavy atom. The zero-order valence-corrected chi connectivity index (χ0v) is 14.1. The van der Waals surface area contributed by atoms with Crippen molar-refractivity contribution < 1.29 is 4.74 Å². The van der Waals surface area contributed by atoms with Gasteiger partial charge in [0.1, 0.15) is 5.75 Å². The van der Waals surface area contributed by atoms with Crippen LogP contribution in [0.1, 0.15) is 59.6 Å². The molecule has 0 aliphatic heterocycles. The van der Waals surface area contributed by atoms with Crippen LogP contribution in [0.25, 0.3) is 0 Å². The maximum atomic E-state index is 6.11. The number of hydrogen-bond acceptors (Lipinski definition) is 3. The van der Waals surface area contributed by atoms with E-state index in [1.165, 1.54) is 6.42 Å². The van der Waals surface area contributed by atoms with Crippen LogP contribution in [-0.2, 0) is 6.54 Å². The first kappa shape index (κ1) is 16.3. The minimum Gasteiger partial charge on any atom is -0.489 e. The number of nitrogens with one attached hydrogen (secondary N) is 1. The summed E-state index contributed by atoms with van der Waals surface area (Å²) in [6.45, 7) is 11.9. The molecule has 1 aliphatic carbocycles. The highest BCUT2D eigenvalue weighted by Gasteiger charge is 2.25. The molecule has 0 amide bonds. The van der Waals surface area contributed by atoms with Crippen LogP contribution in [0.2, 0.25) is 0 Å². The molecule has 1 heterocycles. The molecule has 3 heteroatoms. The molecule has 118 valence electrons. The second-order valence-corrected chi connectivity index (χ2v) is 7.75. The van der Waals surface area contributed by atoms with E-state index in [-0.39, 0.29) is 5.54 Å². The Morgan fingerprint density at radius 2 is 1.81 bits per heavy atom. The minimum absolute atomic E-state index is 0.116. The summed E-state index contributed by atoms with van der Waals surface area (Å²) in [4.78, 5) is 4.50. The number of rotatable bonds is 4. The summed E-state index contributed by atoms with van der Waals surface area (Å²) in [5.41, 5.74) is 1.17. The van der Waals surface area contributed by atoms with Crippen molar-refractivity contribution >= 4 is 0 Å². The van der Waals surface area contributed by atoms with E-state index in [2.05, 4.69) is 57.1 Å². The molecular formula is C18H30N2O. The van der Waals surface area contributed by atoms with Crippen LogP contribution < -0.4 is 10.1 Å². The second-order valence-electron chi connectivity index (χ2n) is 7.75. The van der Waals surface area contributed by atoms with Crippen molar-refractivity contribution in [2.75, 3.05) is 0 Å². The lowest BCUT2D eigenvalue weighted by Gasteiger charge is -2.31. The van der Waals surface area contributed by atoms with E-state index in [9.17, 15) is 0 Å². The van der Waals surface area contributed by atoms with Crippen molar-refractivity contribution in [2.24, 2.45) is 11.8 Å². The Labute approximate surface area is 129 Å². The molecule has 0 aromatic carbocycles. The summed E-state index contributed by atoms with van der Waals surface area (Å²) in [5.74, 6) is 2.43. The van der Waals surface area contributed by atoms with Gasteiger partial charge in [0.2, 0.25) is 0 Å². The molecule has 1 N–H and O–H groups in total. The van der Waals surface area contributed by atoms with E-state index in [4.69, 9.17) is 4.74 Å². The highest BCUT2D eigenvalue weighted by molar-refractivity contribution is 5.20. The zero-order chi connectivity index (χ0) is 15.5. The van der Waals surface area contributed by atoms with Gasteiger partial charge in [0.05, 0.1) is 18.0 Å². The fourth-order valence-corrected chi connectivity index (χ4v) is 3.10. The fraction of sp³-hybridized carbons (Fsp3) is 0.722. The third kappa shape index (κ3) is 5.66. The van der Waals surface area contributed by atoms with Crippen molar-refractivity contribution in [3.05, 3.63) is 24.0 Å². The molecule has 1 aromatic rings. The van der Waals surface area contributed by atoms with Gasteiger partial charge in [-0.3, -0.25) is 4.98 Å². The standard InChI is InChI=1S/C18H30N2O/c1-13-8-14(2)10-17(9-13)21-16-7-6-15(19-12-16)11-20-18(3,4)5/h6-7,12-14,17,20H,8-11H2,1-5H3. The SMILES string of the molecule is CC1CC(C)CC(Oc2ccc(CNC(C)(C)C)nc2)C1. The van der Waals surface area contributed by atoms with Gasteiger partial charge in [-0.15, -0.1) is 0 Å². The molecule has 2 rings (SSSR count). The van der Waals surface area contributed by atoms with E-state index < -0.39 is 0 Å². The molecular weight excluding hydrogens is 260 g/mol. The Kier molecular flexibility index (Phi) is 5.26. The summed E-state index contributed by atoms with van der Waals surface area (Å²) in [5, 5.41) is 3.45. The van der Waals surface area contributed by atoms with Crippen molar-refractivity contribution in [3.63, 3.8) is 0 Å². The van der Waals surface area contributed by atoms with E-state index in [1.807, 2.05) is 6.20 Å². The van der Waals surface area contributed by atoms with E-state index in [0.29, 0.717) is 6.10 Å². The summed E-state index contributed by atoms with van der Waals surface area (Å²) in [7, 11) is 0. The van der Waals surface area contributed by atoms with Crippen LogP contribution in [0.3, 0.4) is 0 Å². The topological polar surface area (TPSA) is 34.1 Å². The predicted octanol–water partition coefficient (Wildman–Crippen LogP) is 4.17. The maximum Gasteiger partial charge on any atom is 0.138 e. The highest BCUT2D eigenvalue weighted by atomic mass is 16.5. The molecule has 0 bridgehead atoms. The molecule has 0 spiro atoms. The summed E-state index contributed by atoms with van der Waals surface area (Å²) in [6, 6.07) is 4.11. The summed E-state index contributed by atoms with van der Waals surface area (Å²) >= 11 is 0. The van der Waals surface area contributed by atoms with Crippen LogP contribution in [0.4, 0.5) is 0 Å². The van der Waals surface area contributed by atoms with Crippen molar-refractivity contribution in [3.8, 4) is 5.75 Å². The van der Waals surface area contributed by atoms with Gasteiger partial charge in [0.25, 0.3) is 0 Å². The van der Waals surface area contributed by atoms with Gasteiger partial charge in [-0.25, -0.2) is 0 Å². The van der Waals surface area contributed by atoms with Gasteiger partial charge in [-0.1, -0.05) is 13.8 Å². The highest BCUT2D eigenvalue weighted by Crippen LogP contribution is 2.31. The number of aromatic nitrogens is 1. The first-order chi connectivity index (χ1) is 9.82. The first-order valence-corrected chi connectivity index (χ1v) is 8.18. The average Bonchev–Trinajstić information content (AvgIpc) is 2.36. The molecule has 1 saturated carbocycles. The fourth-order valence-electron chi connectivity index (χ4n) is 3.10. The number of hydrogen-bond donors (Lipinski definition) is 1. The smallest absolute Gasteiger partial charge is 0.138 e. The van der Waals surface area contributed by atoms with E-state index in [1.54, 1.807) is 0 Å². The Hall–Kier alpha value is -1.09. The monoisotopic (exact) mass is 290 g/mol. The van der Waals surface area contributed by atoms with Gasteiger partial charge in [0.15, 0.2) is 0 Å². The van der Waals surface area contributed by atoms with Crippen molar-refractivity contribution in [1.82, 2.24) is 10.3 Å². The Bertz CT molecular complexity index is 426. The first-order valence-electron chi connectivity index (χ1n) is 8.18. The number of pyridine rings is 1. The second kappa shape index (κ2) is 6.78. The lowest BCUT2D eigenvalue weighted by molar-refractivity contribution is 0.101. The average molecular weight is 290 g/mol. The molecule has 2 atom stereocenters. The van der Waals surface area contributed by atoms with Crippen LogP contribution in [0.5, 0.6) is 5.75 Å². The van der Waals surface area contributed by atoms with Crippen LogP contribution in [0.15, 0.2) is 18.3 Å². The minimum atomic E-state index is 0.116. The molecule has 1 fully saturated rings. The van der Waals surface area contributed by atoms with Crippen molar-refractivity contribution in [1.29, 1.82) is 0 Å². The normalized spacial score (nSPS) is 26.6. The largest absolute Gasteiger partial charge is 0.489 e. The summed E-state index contributed by atoms with van der Waals surface area (Å²) < 4.78 is 6.11. The van der Waals surface area contributed by atoms with Crippen LogP contribution in [0, 0.1) is 11.8 Å². The number of ether oxygens (including phenoxy) is 1. The molecule has 1 aliphatic rings. The molecule has 0 radical (unpaired) electrons. The Balaban J connectivity index is 1.87. The third-order valence-electron chi connectivity index (χ3n) is 4.04. The van der Waals surface area contributed by atoms with Gasteiger partial charge >= 0.3 is 0 Å². The maximum absolute atomic E-state index is 6.11. The van der Waals surface area contributed by atoms with Gasteiger partial charge in [-0.05, 0) is 64.0 Å². The van der Waals surface area contributed by atoms with Gasteiger partial charge < -0.3 is 10.1 Å². The third-order valence-corrected chi connectivity index (χ3v) is 4.04. The molecule has 0 saturated heterocycles. The lowest BCUT2D eigenvalue weighted by Crippen LogP contribution is -2.35. The predicted molar refractivity (Wildman–Crippen MR) is 87.4 cm³/mol. The lowest BCUT2D eigenvalue weighted by atomic mass is 9.82. The zero-order valence-electron chi connectivity index (χ0n) is 14.1. The van der Waals surface area contributed by atoms with E-state index in [0.717, 1.165) is 42.7 Å². The molecule has 1 aromatic heterocycles. The molecule has 2 unspecified atom stereocenters. The quantitative estimate of drug-likeness (QED) is 0.903. The van der Waals surface area contributed by atoms with Crippen LogP contribution >= 0.6 is 0 Å². The van der Waals surface area contributed by atoms with Gasteiger partial charge in [-0.2, -0.15) is 0 Å². The van der Waals surface area contributed by atoms with Crippen LogP contribution in [-0.4, -0.2) is 16.6 Å². The molecule has 3 nitrogen and oxygen atoms in total. The summed E-state index contributed by atoms with van der Waals surface area (Å²) in [6.07, 6.45) is 5.87. The molecule has 21 heavy (non-hydrogen) atoms.